The number of carbonyl (C=O) groups excluding carboxylic acids is 2. The summed E-state index contributed by atoms with van der Waals surface area (Å²) in [6, 6.07) is 0. The van der Waals surface area contributed by atoms with E-state index in [2.05, 4.69) is 40.5 Å². The van der Waals surface area contributed by atoms with Crippen molar-refractivity contribution in [3.63, 3.8) is 0 Å². The fourth-order valence-corrected chi connectivity index (χ4v) is 11.2. The number of rotatable bonds is 10. The summed E-state index contributed by atoms with van der Waals surface area (Å²) in [5, 5.41) is 4.51. The van der Waals surface area contributed by atoms with Gasteiger partial charge in [-0.15, -0.1) is 0 Å². The van der Waals surface area contributed by atoms with Crippen LogP contribution in [0.4, 0.5) is 11.9 Å². The highest BCUT2D eigenvalue weighted by atomic mass is 31.2. The lowest BCUT2D eigenvalue weighted by atomic mass is 10.1. The molecule has 0 spiro atoms. The number of aromatic nitrogens is 8. The molecule has 28 heteroatoms. The summed E-state index contributed by atoms with van der Waals surface area (Å²) >= 11 is 0. The number of nitrogens with one attached hydrogen (secondary N) is 4. The van der Waals surface area contributed by atoms with Gasteiger partial charge in [0.25, 0.3) is 11.1 Å². The van der Waals surface area contributed by atoms with Gasteiger partial charge in [-0.25, -0.2) is 9.97 Å². The van der Waals surface area contributed by atoms with Crippen molar-refractivity contribution >= 4 is 79.9 Å². The molecule has 24 nitrogen and oxygen atoms in total. The molecular formula is C40H62N10O14P2Si2-2. The van der Waals surface area contributed by atoms with Crippen LogP contribution < -0.4 is 31.5 Å². The molecule has 2 unspecified atom stereocenters. The molecule has 0 aliphatic carbocycles. The summed E-state index contributed by atoms with van der Waals surface area (Å²) in [6.45, 7) is 26.1. The quantitative estimate of drug-likeness (QED) is 0.129. The monoisotopic (exact) mass is 1020 g/mol. The summed E-state index contributed by atoms with van der Waals surface area (Å²) in [5.74, 6) is -1.93. The van der Waals surface area contributed by atoms with Gasteiger partial charge in [0.15, 0.2) is 51.4 Å². The molecule has 3 saturated heterocycles. The maximum absolute atomic E-state index is 14.4. The van der Waals surface area contributed by atoms with E-state index in [-0.39, 0.29) is 44.3 Å². The molecule has 4 N–H and O–H groups in total. The van der Waals surface area contributed by atoms with Gasteiger partial charge in [-0.2, -0.15) is 9.97 Å². The summed E-state index contributed by atoms with van der Waals surface area (Å²) in [6.07, 6.45) is -6.65. The largest absolute Gasteiger partial charge is 0.786 e. The lowest BCUT2D eigenvalue weighted by molar-refractivity contribution is -0.217. The first-order valence-electron chi connectivity index (χ1n) is 22.3. The maximum Gasteiger partial charge on any atom is 0.280 e. The number of nitrogens with zero attached hydrogens (tertiary/aromatic N) is 6. The van der Waals surface area contributed by atoms with Crippen LogP contribution in [-0.2, 0) is 46.0 Å². The second kappa shape index (κ2) is 19.6. The Hall–Kier alpha value is -3.47. The van der Waals surface area contributed by atoms with Crippen molar-refractivity contribution in [3.05, 3.63) is 33.4 Å². The second-order valence-electron chi connectivity index (χ2n) is 20.8. The fraction of sp³-hybridized carbons (Fsp3) is 0.700. The number of ether oxygens (including phenoxy) is 2. The molecule has 10 atom stereocenters. The van der Waals surface area contributed by atoms with Crippen LogP contribution in [0.1, 0.15) is 81.7 Å². The van der Waals surface area contributed by atoms with E-state index in [0.717, 1.165) is 0 Å². The molecule has 4 aromatic rings. The molecule has 0 radical (unpaired) electrons. The molecule has 0 saturated carbocycles. The summed E-state index contributed by atoms with van der Waals surface area (Å²) in [5.41, 5.74) is -1.46. The zero-order chi connectivity index (χ0) is 50.0. The number of amides is 2. The number of hydrogen-bond acceptors (Lipinski definition) is 18. The van der Waals surface area contributed by atoms with E-state index < -0.39 is 131 Å². The Kier molecular flexibility index (Phi) is 15.1. The third-order valence-corrected chi connectivity index (χ3v) is 23.6. The van der Waals surface area contributed by atoms with Gasteiger partial charge in [0.1, 0.15) is 36.6 Å². The lowest BCUT2D eigenvalue weighted by Gasteiger charge is -2.42. The molecule has 376 valence electrons. The van der Waals surface area contributed by atoms with Gasteiger partial charge < -0.3 is 46.2 Å². The van der Waals surface area contributed by atoms with Crippen LogP contribution in [-0.4, -0.2) is 117 Å². The van der Waals surface area contributed by atoms with Crippen LogP contribution in [0.3, 0.4) is 0 Å². The van der Waals surface area contributed by atoms with Crippen molar-refractivity contribution in [1.82, 2.24) is 39.0 Å². The zero-order valence-corrected chi connectivity index (χ0v) is 44.4. The number of carbonyl (C=O) groups is 2. The van der Waals surface area contributed by atoms with Crippen molar-refractivity contribution < 1.29 is 55.8 Å². The van der Waals surface area contributed by atoms with E-state index in [1.54, 1.807) is 27.7 Å². The first-order chi connectivity index (χ1) is 31.6. The third kappa shape index (κ3) is 10.7. The molecular weight excluding hydrogens is 963 g/mol. The highest BCUT2D eigenvalue weighted by Gasteiger charge is 2.55. The smallest absolute Gasteiger partial charge is 0.280 e. The van der Waals surface area contributed by atoms with Crippen LogP contribution in [0.2, 0.25) is 36.3 Å². The van der Waals surface area contributed by atoms with E-state index in [0.29, 0.717) is 0 Å². The first kappa shape index (κ1) is 52.4. The average Bonchev–Trinajstić information content (AvgIpc) is 3.99. The van der Waals surface area contributed by atoms with Gasteiger partial charge >= 0.3 is 0 Å². The predicted octanol–water partition coefficient (Wildman–Crippen LogP) is 4.01. The fourth-order valence-electron chi connectivity index (χ4n) is 7.07. The van der Waals surface area contributed by atoms with Gasteiger partial charge in [-0.1, -0.05) is 69.2 Å². The van der Waals surface area contributed by atoms with Gasteiger partial charge in [0, 0.05) is 11.8 Å². The highest BCUT2D eigenvalue weighted by Crippen LogP contribution is 2.50. The Morgan fingerprint density at radius 3 is 1.38 bits per heavy atom. The standard InChI is InChI=1S/C40H62N10O14P2Si2/c1-19(2)31(51)45-37-43-29-23(33(53)47-37)41-17-49(29)35-27-25(63-67(11,12)39(5,6)7)21(59-35)15-57-66(56)62-28-26(64-68(13,14)40(8,9)10)22(16-58-65(55)61-27)60-36(28)50-18-42-24-30(50)44-38(48-34(24)54)46-32(52)20(3)4/h17-22,25-28,35-36H,15-16H2,1-14H3,(H2,43,45,47,51,53)(H2,44,46,48,52,54)/q-2/t21-,22-,25-,26-,27-,28-,35-,36-,65?,66?/m1/s1. The van der Waals surface area contributed by atoms with Gasteiger partial charge in [0.05, 0.1) is 43.1 Å². The van der Waals surface area contributed by atoms with Gasteiger partial charge in [-0.05, 0) is 36.3 Å². The van der Waals surface area contributed by atoms with Crippen LogP contribution in [0.5, 0.6) is 0 Å². The minimum Gasteiger partial charge on any atom is -0.786 e. The van der Waals surface area contributed by atoms with Crippen LogP contribution in [0.15, 0.2) is 22.2 Å². The number of fused-ring (bicyclic) bond motifs is 6. The van der Waals surface area contributed by atoms with E-state index in [1.807, 2.05) is 67.7 Å². The molecule has 7 rings (SSSR count). The Bertz CT molecular complexity index is 2440. The highest BCUT2D eigenvalue weighted by molar-refractivity contribution is 7.39. The van der Waals surface area contributed by atoms with Gasteiger partial charge in [-0.3, -0.25) is 48.9 Å². The molecule has 2 amide bonds. The molecule has 3 aliphatic heterocycles. The SMILES string of the molecule is CC(C)C(=O)Nc1nc2c(ncn2[C@@H]2O[C@@H]3COP([O-])O[C@@H]4[C@H](O[Si](C)(C)C(C)(C)C)[C@@H](COP([O-])O[C@@H]2[C@@H]3O[Si](C)(C)C(C)(C)C)O[C@H]4n2cnc3c(=O)[nH]c(NC(=O)C(C)C)nc32)c(=O)[nH]1. The van der Waals surface area contributed by atoms with E-state index in [1.165, 1.54) is 21.8 Å². The molecule has 3 aliphatic rings. The Morgan fingerprint density at radius 2 is 1.06 bits per heavy atom. The molecule has 4 bridgehead atoms. The second-order valence-corrected chi connectivity index (χ2v) is 32.1. The van der Waals surface area contributed by atoms with E-state index in [9.17, 15) is 29.0 Å². The van der Waals surface area contributed by atoms with E-state index >= 15 is 0 Å². The number of H-pyrrole nitrogens is 2. The number of aromatic amines is 2. The van der Waals surface area contributed by atoms with Crippen molar-refractivity contribution in [2.75, 3.05) is 23.8 Å². The third-order valence-electron chi connectivity index (χ3n) is 13.1. The first-order valence-corrected chi connectivity index (χ1v) is 30.3. The molecule has 68 heavy (non-hydrogen) atoms. The number of hydrogen-bond donors (Lipinski definition) is 4. The minimum absolute atomic E-state index is 0.00261. The average molecular weight is 1030 g/mol. The Morgan fingerprint density at radius 1 is 0.706 bits per heavy atom. The summed E-state index contributed by atoms with van der Waals surface area (Å²) < 4.78 is 54.8. The van der Waals surface area contributed by atoms with Crippen molar-refractivity contribution in [2.45, 2.75) is 155 Å². The van der Waals surface area contributed by atoms with E-state index in [4.69, 9.17) is 36.4 Å². The molecule has 4 aromatic heterocycles. The van der Waals surface area contributed by atoms with Gasteiger partial charge in [0.2, 0.25) is 23.7 Å². The van der Waals surface area contributed by atoms with Crippen LogP contribution in [0, 0.1) is 11.8 Å². The zero-order valence-electron chi connectivity index (χ0n) is 40.6. The topological polar surface area (TPSA) is 305 Å². The maximum atomic E-state index is 14.4. The number of imidazole rings is 2. The summed E-state index contributed by atoms with van der Waals surface area (Å²) in [4.78, 5) is 103. The molecule has 7 heterocycles. The summed E-state index contributed by atoms with van der Waals surface area (Å²) in [7, 11) is -11.6. The van der Waals surface area contributed by atoms with Crippen molar-refractivity contribution in [3.8, 4) is 0 Å². The van der Waals surface area contributed by atoms with Crippen molar-refractivity contribution in [2.24, 2.45) is 11.8 Å². The Balaban J connectivity index is 1.29. The Labute approximate surface area is 397 Å². The predicted molar refractivity (Wildman–Crippen MR) is 251 cm³/mol. The molecule has 3 fully saturated rings. The van der Waals surface area contributed by atoms with Crippen molar-refractivity contribution in [1.29, 1.82) is 0 Å². The minimum atomic E-state index is -3.05. The number of anilines is 2. The lowest BCUT2D eigenvalue weighted by Crippen LogP contribution is -2.51. The van der Waals surface area contributed by atoms with Crippen LogP contribution in [0.25, 0.3) is 22.3 Å². The van der Waals surface area contributed by atoms with Crippen LogP contribution >= 0.6 is 17.2 Å². The normalized spacial score (nSPS) is 27.9. The molecule has 0 aromatic carbocycles.